The molecule has 2 heterocycles. The van der Waals surface area contributed by atoms with E-state index in [4.69, 9.17) is 14.2 Å². The van der Waals surface area contributed by atoms with Gasteiger partial charge in [-0.05, 0) is 31.0 Å². The second kappa shape index (κ2) is 9.54. The Morgan fingerprint density at radius 2 is 1.91 bits per heavy atom. The lowest BCUT2D eigenvalue weighted by atomic mass is 10.1. The van der Waals surface area contributed by atoms with Crippen molar-refractivity contribution < 1.29 is 19.0 Å². The third kappa shape index (κ3) is 4.21. The molecule has 0 saturated carbocycles. The fraction of sp³-hybridized carbons (Fsp3) is 0.360. The number of anilines is 1. The van der Waals surface area contributed by atoms with E-state index >= 15 is 0 Å². The Hall–Kier alpha value is -3.88. The Kier molecular flexibility index (Phi) is 6.54. The number of hydrogen-bond acceptors (Lipinski definition) is 8. The minimum Gasteiger partial charge on any atom is -0.481 e. The Balaban J connectivity index is 1.79. The maximum atomic E-state index is 13.5. The summed E-state index contributed by atoms with van der Waals surface area (Å²) in [6, 6.07) is 11.0. The second-order valence-electron chi connectivity index (χ2n) is 8.03. The van der Waals surface area contributed by atoms with E-state index in [9.17, 15) is 9.59 Å². The largest absolute Gasteiger partial charge is 0.481 e. The molecular weight excluding hydrogens is 436 g/mol. The molecule has 2 atom stereocenters. The fourth-order valence-corrected chi connectivity index (χ4v) is 4.42. The van der Waals surface area contributed by atoms with Crippen LogP contribution in [0.2, 0.25) is 0 Å². The lowest BCUT2D eigenvalue weighted by Crippen LogP contribution is -2.32. The SMILES string of the molecule is CCn1c(N[C@@H]2c3ccccc3C[C@@H]2OC(C)=O)c(C)nc(-c2ccc(OC)nc2OC)c1=O. The highest BCUT2D eigenvalue weighted by molar-refractivity contribution is 5.67. The normalized spacial score (nSPS) is 16.6. The van der Waals surface area contributed by atoms with Gasteiger partial charge in [0.1, 0.15) is 17.6 Å². The maximum Gasteiger partial charge on any atom is 0.302 e. The molecule has 1 aliphatic rings. The molecular formula is C25H28N4O5. The first-order valence-corrected chi connectivity index (χ1v) is 11.1. The van der Waals surface area contributed by atoms with Gasteiger partial charge in [0.15, 0.2) is 0 Å². The van der Waals surface area contributed by atoms with E-state index in [0.717, 1.165) is 11.1 Å². The predicted octanol–water partition coefficient (Wildman–Crippen LogP) is 3.29. The van der Waals surface area contributed by atoms with E-state index in [1.165, 1.54) is 21.1 Å². The number of carbonyl (C=O) groups is 1. The molecule has 4 rings (SSSR count). The number of ether oxygens (including phenoxy) is 3. The molecule has 1 aromatic carbocycles. The average Bonchev–Trinajstić information content (AvgIpc) is 3.17. The van der Waals surface area contributed by atoms with Gasteiger partial charge in [0.2, 0.25) is 11.8 Å². The van der Waals surface area contributed by atoms with Crippen molar-refractivity contribution in [3.63, 3.8) is 0 Å². The van der Waals surface area contributed by atoms with Crippen LogP contribution >= 0.6 is 0 Å². The molecule has 34 heavy (non-hydrogen) atoms. The van der Waals surface area contributed by atoms with Crippen molar-refractivity contribution in [3.8, 4) is 23.0 Å². The quantitative estimate of drug-likeness (QED) is 0.531. The maximum absolute atomic E-state index is 13.5. The molecule has 2 aromatic heterocycles. The molecule has 0 spiro atoms. The summed E-state index contributed by atoms with van der Waals surface area (Å²) in [4.78, 5) is 34.2. The van der Waals surface area contributed by atoms with Crippen molar-refractivity contribution in [2.24, 2.45) is 0 Å². The topological polar surface area (TPSA) is 105 Å². The zero-order valence-electron chi connectivity index (χ0n) is 19.9. The van der Waals surface area contributed by atoms with Crippen molar-refractivity contribution in [1.29, 1.82) is 0 Å². The summed E-state index contributed by atoms with van der Waals surface area (Å²) in [5.74, 6) is 0.867. The number of rotatable bonds is 7. The highest BCUT2D eigenvalue weighted by atomic mass is 16.5. The van der Waals surface area contributed by atoms with Gasteiger partial charge in [-0.2, -0.15) is 4.98 Å². The van der Waals surface area contributed by atoms with E-state index in [2.05, 4.69) is 15.3 Å². The average molecular weight is 465 g/mol. The first-order valence-electron chi connectivity index (χ1n) is 11.1. The van der Waals surface area contributed by atoms with Crippen molar-refractivity contribution >= 4 is 11.8 Å². The highest BCUT2D eigenvalue weighted by Crippen LogP contribution is 2.37. The number of methoxy groups -OCH3 is 2. The monoisotopic (exact) mass is 464 g/mol. The van der Waals surface area contributed by atoms with E-state index in [1.807, 2.05) is 38.1 Å². The number of nitrogens with one attached hydrogen (secondary N) is 1. The fourth-order valence-electron chi connectivity index (χ4n) is 4.42. The summed E-state index contributed by atoms with van der Waals surface area (Å²) in [6.07, 6.45) is 0.212. The number of nitrogens with zero attached hydrogens (tertiary/aromatic N) is 3. The molecule has 9 heteroatoms. The minimum absolute atomic E-state index is 0.236. The molecule has 1 N–H and O–H groups in total. The van der Waals surface area contributed by atoms with Gasteiger partial charge in [-0.15, -0.1) is 0 Å². The number of esters is 1. The summed E-state index contributed by atoms with van der Waals surface area (Å²) in [7, 11) is 3.00. The molecule has 0 amide bonds. The van der Waals surface area contributed by atoms with Crippen LogP contribution in [-0.2, 0) is 22.5 Å². The predicted molar refractivity (Wildman–Crippen MR) is 127 cm³/mol. The summed E-state index contributed by atoms with van der Waals surface area (Å²) >= 11 is 0. The van der Waals surface area contributed by atoms with Gasteiger partial charge in [0.05, 0.1) is 31.5 Å². The first-order chi connectivity index (χ1) is 16.4. The Morgan fingerprint density at radius 1 is 1.15 bits per heavy atom. The van der Waals surface area contributed by atoms with Crippen molar-refractivity contribution in [1.82, 2.24) is 14.5 Å². The van der Waals surface area contributed by atoms with Gasteiger partial charge in [-0.1, -0.05) is 24.3 Å². The standard InChI is InChI=1S/C25H28N4O5/c1-6-29-23(28-21-17-10-8-7-9-16(17)13-19(21)34-15(3)30)14(2)26-22(25(29)31)18-11-12-20(32-4)27-24(18)33-5/h7-12,19,21,28H,6,13H2,1-5H3/t19-,21+/m0/s1. The Bertz CT molecular complexity index is 1290. The van der Waals surface area contributed by atoms with Crippen LogP contribution in [0.1, 0.15) is 36.7 Å². The molecule has 0 radical (unpaired) electrons. The van der Waals surface area contributed by atoms with Crippen LogP contribution in [-0.4, -0.2) is 40.8 Å². The summed E-state index contributed by atoms with van der Waals surface area (Å²) in [6.45, 7) is 5.55. The van der Waals surface area contributed by atoms with Crippen LogP contribution in [0, 0.1) is 6.92 Å². The zero-order chi connectivity index (χ0) is 24.4. The van der Waals surface area contributed by atoms with Crippen molar-refractivity contribution in [2.45, 2.75) is 45.9 Å². The Morgan fingerprint density at radius 3 is 2.59 bits per heavy atom. The van der Waals surface area contributed by atoms with E-state index in [-0.39, 0.29) is 35.2 Å². The highest BCUT2D eigenvalue weighted by Gasteiger charge is 2.35. The lowest BCUT2D eigenvalue weighted by Gasteiger charge is -2.25. The second-order valence-corrected chi connectivity index (χ2v) is 8.03. The van der Waals surface area contributed by atoms with Gasteiger partial charge >= 0.3 is 5.97 Å². The van der Waals surface area contributed by atoms with E-state index < -0.39 is 0 Å². The molecule has 178 valence electrons. The molecule has 3 aromatic rings. The van der Waals surface area contributed by atoms with Crippen LogP contribution in [0.4, 0.5) is 5.82 Å². The smallest absolute Gasteiger partial charge is 0.302 e. The molecule has 1 aliphatic carbocycles. The Labute approximate surface area is 197 Å². The van der Waals surface area contributed by atoms with E-state index in [1.54, 1.807) is 16.7 Å². The summed E-state index contributed by atoms with van der Waals surface area (Å²) in [5.41, 5.74) is 3.20. The van der Waals surface area contributed by atoms with Gasteiger partial charge in [0, 0.05) is 26.0 Å². The van der Waals surface area contributed by atoms with Gasteiger partial charge in [0.25, 0.3) is 5.56 Å². The van der Waals surface area contributed by atoms with Crippen molar-refractivity contribution in [3.05, 3.63) is 63.6 Å². The number of benzene rings is 1. The van der Waals surface area contributed by atoms with Crippen LogP contribution in [0.25, 0.3) is 11.3 Å². The van der Waals surface area contributed by atoms with Crippen LogP contribution < -0.4 is 20.3 Å². The molecule has 0 aliphatic heterocycles. The number of aryl methyl sites for hydroxylation is 1. The molecule has 0 saturated heterocycles. The minimum atomic E-state index is -0.389. The van der Waals surface area contributed by atoms with Gasteiger partial charge in [-0.25, -0.2) is 4.98 Å². The number of carbonyl (C=O) groups excluding carboxylic acids is 1. The third-order valence-corrected chi connectivity index (χ3v) is 5.94. The van der Waals surface area contributed by atoms with Crippen LogP contribution in [0.3, 0.4) is 0 Å². The van der Waals surface area contributed by atoms with Crippen LogP contribution in [0.5, 0.6) is 11.8 Å². The van der Waals surface area contributed by atoms with Gasteiger partial charge in [-0.3, -0.25) is 14.2 Å². The van der Waals surface area contributed by atoms with Crippen LogP contribution in [0.15, 0.2) is 41.2 Å². The number of fused-ring (bicyclic) bond motifs is 1. The number of pyridine rings is 1. The molecule has 0 fully saturated rings. The molecule has 0 bridgehead atoms. The summed E-state index contributed by atoms with van der Waals surface area (Å²) in [5, 5.41) is 3.46. The first kappa shape index (κ1) is 23.3. The third-order valence-electron chi connectivity index (χ3n) is 5.94. The van der Waals surface area contributed by atoms with Gasteiger partial charge < -0.3 is 19.5 Å². The summed E-state index contributed by atoms with van der Waals surface area (Å²) < 4.78 is 17.8. The number of aromatic nitrogens is 3. The van der Waals surface area contributed by atoms with Crippen molar-refractivity contribution in [2.75, 3.05) is 19.5 Å². The zero-order valence-corrected chi connectivity index (χ0v) is 19.9. The number of hydrogen-bond donors (Lipinski definition) is 1. The van der Waals surface area contributed by atoms with E-state index in [0.29, 0.717) is 35.9 Å². The lowest BCUT2D eigenvalue weighted by molar-refractivity contribution is -0.146. The molecule has 0 unspecified atom stereocenters. The molecule has 9 nitrogen and oxygen atoms in total.